The highest BCUT2D eigenvalue weighted by Crippen LogP contribution is 2.08. The molecule has 0 spiro atoms. The molecule has 1 N–H and O–H groups in total. The zero-order valence-corrected chi connectivity index (χ0v) is 12.8. The predicted molar refractivity (Wildman–Crippen MR) is 79.5 cm³/mol. The fourth-order valence-corrected chi connectivity index (χ4v) is 3.27. The van der Waals surface area contributed by atoms with Crippen molar-refractivity contribution >= 4 is 16.1 Å². The molecule has 0 bridgehead atoms. The molecule has 6 nitrogen and oxygen atoms in total. The molecule has 1 saturated heterocycles. The lowest BCUT2D eigenvalue weighted by atomic mass is 10.1. The number of carbonyl (C=O) groups is 1. The average Bonchev–Trinajstić information content (AvgIpc) is 2.77. The highest BCUT2D eigenvalue weighted by atomic mass is 32.2. The number of benzene rings is 1. The van der Waals surface area contributed by atoms with Crippen LogP contribution in [0.25, 0.3) is 0 Å². The number of nitrogens with one attached hydrogen (secondary N) is 1. The molecule has 21 heavy (non-hydrogen) atoms. The van der Waals surface area contributed by atoms with Crippen molar-refractivity contribution in [2.45, 2.75) is 18.9 Å². The van der Waals surface area contributed by atoms with Gasteiger partial charge < -0.3 is 9.64 Å². The lowest BCUT2D eigenvalue weighted by Crippen LogP contribution is -2.35. The Labute approximate surface area is 125 Å². The Balaban J connectivity index is 1.71. The van der Waals surface area contributed by atoms with Crippen molar-refractivity contribution in [3.63, 3.8) is 0 Å². The van der Waals surface area contributed by atoms with Crippen LogP contribution in [0.3, 0.4) is 0 Å². The second-order valence-electron chi connectivity index (χ2n) is 5.14. The van der Waals surface area contributed by atoms with Gasteiger partial charge in [-0.1, -0.05) is 30.3 Å². The fraction of sp³-hybridized carbons (Fsp3) is 0.500. The van der Waals surface area contributed by atoms with Crippen LogP contribution in [0.5, 0.6) is 0 Å². The molecule has 1 unspecified atom stereocenters. The third kappa shape index (κ3) is 5.02. The van der Waals surface area contributed by atoms with E-state index in [1.54, 1.807) is 7.05 Å². The normalized spacial score (nSPS) is 18.8. The van der Waals surface area contributed by atoms with Gasteiger partial charge in [-0.15, -0.1) is 0 Å². The van der Waals surface area contributed by atoms with Crippen molar-refractivity contribution in [3.05, 3.63) is 35.9 Å². The number of amides is 1. The van der Waals surface area contributed by atoms with Gasteiger partial charge in [0.05, 0.1) is 12.3 Å². The van der Waals surface area contributed by atoms with Gasteiger partial charge >= 0.3 is 6.09 Å². The number of carbonyl (C=O) groups excluding carboxylic acids is 1. The summed E-state index contributed by atoms with van der Waals surface area (Å²) in [6.07, 6.45) is 0.460. The highest BCUT2D eigenvalue weighted by Gasteiger charge is 2.28. The minimum absolute atomic E-state index is 0.0679. The minimum atomic E-state index is -3.33. The topological polar surface area (TPSA) is 75.7 Å². The Hall–Kier alpha value is -1.60. The molecule has 1 aromatic carbocycles. The van der Waals surface area contributed by atoms with E-state index < -0.39 is 22.2 Å². The SMILES string of the molecule is CN1CC(CNS(=O)(=O)CCCc2ccccc2)OC1=O. The summed E-state index contributed by atoms with van der Waals surface area (Å²) in [4.78, 5) is 12.6. The van der Waals surface area contributed by atoms with Crippen LogP contribution in [0.4, 0.5) is 4.79 Å². The van der Waals surface area contributed by atoms with Crippen LogP contribution in [-0.4, -0.2) is 51.4 Å². The summed E-state index contributed by atoms with van der Waals surface area (Å²) >= 11 is 0. The Morgan fingerprint density at radius 1 is 1.33 bits per heavy atom. The summed E-state index contributed by atoms with van der Waals surface area (Å²) in [5, 5.41) is 0. The maximum absolute atomic E-state index is 11.9. The summed E-state index contributed by atoms with van der Waals surface area (Å²) < 4.78 is 31.3. The van der Waals surface area contributed by atoms with Gasteiger partial charge in [-0.05, 0) is 18.4 Å². The van der Waals surface area contributed by atoms with Gasteiger partial charge in [-0.25, -0.2) is 17.9 Å². The molecule has 116 valence electrons. The first-order valence-electron chi connectivity index (χ1n) is 6.89. The van der Waals surface area contributed by atoms with Crippen molar-refractivity contribution in [3.8, 4) is 0 Å². The second kappa shape index (κ2) is 6.91. The third-order valence-corrected chi connectivity index (χ3v) is 4.74. The molecule has 0 aromatic heterocycles. The second-order valence-corrected chi connectivity index (χ2v) is 7.07. The van der Waals surface area contributed by atoms with E-state index in [0.29, 0.717) is 13.0 Å². The molecule has 1 aromatic rings. The fourth-order valence-electron chi connectivity index (χ4n) is 2.16. The van der Waals surface area contributed by atoms with Gasteiger partial charge in [0, 0.05) is 13.6 Å². The third-order valence-electron chi connectivity index (χ3n) is 3.31. The largest absolute Gasteiger partial charge is 0.443 e. The summed E-state index contributed by atoms with van der Waals surface area (Å²) in [5.74, 6) is 0.0679. The van der Waals surface area contributed by atoms with Crippen LogP contribution in [0.1, 0.15) is 12.0 Å². The number of nitrogens with zero attached hydrogens (tertiary/aromatic N) is 1. The Bertz CT molecular complexity index is 574. The smallest absolute Gasteiger partial charge is 0.410 e. The van der Waals surface area contributed by atoms with Crippen molar-refractivity contribution in [2.75, 3.05) is 25.9 Å². The summed E-state index contributed by atoms with van der Waals surface area (Å²) in [6.45, 7) is 0.537. The molecule has 7 heteroatoms. The lowest BCUT2D eigenvalue weighted by Gasteiger charge is -2.10. The molecular weight excluding hydrogens is 292 g/mol. The predicted octanol–water partition coefficient (Wildman–Crippen LogP) is 0.989. The van der Waals surface area contributed by atoms with Gasteiger partial charge in [0.15, 0.2) is 0 Å². The summed E-state index contributed by atoms with van der Waals surface area (Å²) in [6, 6.07) is 9.77. The first-order valence-corrected chi connectivity index (χ1v) is 8.54. The van der Waals surface area contributed by atoms with E-state index >= 15 is 0 Å². The van der Waals surface area contributed by atoms with E-state index in [-0.39, 0.29) is 12.3 Å². The van der Waals surface area contributed by atoms with Crippen LogP contribution in [0.2, 0.25) is 0 Å². The molecule has 0 saturated carbocycles. The van der Waals surface area contributed by atoms with E-state index in [1.807, 2.05) is 30.3 Å². The Kier molecular flexibility index (Phi) is 5.19. The number of cyclic esters (lactones) is 1. The standard InChI is InChI=1S/C14H20N2O4S/c1-16-11-13(20-14(16)17)10-15-21(18,19)9-5-8-12-6-3-2-4-7-12/h2-4,6-7,13,15H,5,8-11H2,1H3. The minimum Gasteiger partial charge on any atom is -0.443 e. The Morgan fingerprint density at radius 3 is 2.67 bits per heavy atom. The number of hydrogen-bond acceptors (Lipinski definition) is 4. The summed E-state index contributed by atoms with van der Waals surface area (Å²) in [7, 11) is -1.71. The number of sulfonamides is 1. The molecule has 0 radical (unpaired) electrons. The van der Waals surface area contributed by atoms with Crippen molar-refractivity contribution in [1.82, 2.24) is 9.62 Å². The molecule has 1 aliphatic rings. The molecule has 0 aliphatic carbocycles. The molecule has 1 atom stereocenters. The van der Waals surface area contributed by atoms with Crippen LogP contribution < -0.4 is 4.72 Å². The number of rotatable bonds is 7. The van der Waals surface area contributed by atoms with Gasteiger partial charge in [0.2, 0.25) is 10.0 Å². The number of hydrogen-bond donors (Lipinski definition) is 1. The summed E-state index contributed by atoms with van der Waals surface area (Å²) in [5.41, 5.74) is 1.12. The van der Waals surface area contributed by atoms with Crippen LogP contribution >= 0.6 is 0 Å². The van der Waals surface area contributed by atoms with E-state index in [0.717, 1.165) is 12.0 Å². The van der Waals surface area contributed by atoms with E-state index in [9.17, 15) is 13.2 Å². The zero-order chi connectivity index (χ0) is 15.3. The first kappa shape index (κ1) is 15.8. The van der Waals surface area contributed by atoms with Crippen molar-refractivity contribution in [1.29, 1.82) is 0 Å². The zero-order valence-electron chi connectivity index (χ0n) is 12.0. The van der Waals surface area contributed by atoms with Gasteiger partial charge in [0.25, 0.3) is 0 Å². The van der Waals surface area contributed by atoms with Crippen molar-refractivity contribution < 1.29 is 17.9 Å². The maximum atomic E-state index is 11.9. The lowest BCUT2D eigenvalue weighted by molar-refractivity contribution is 0.135. The molecule has 1 heterocycles. The van der Waals surface area contributed by atoms with Gasteiger partial charge in [-0.3, -0.25) is 0 Å². The average molecular weight is 312 g/mol. The monoisotopic (exact) mass is 312 g/mol. The van der Waals surface area contributed by atoms with E-state index in [1.165, 1.54) is 4.90 Å². The maximum Gasteiger partial charge on any atom is 0.410 e. The van der Waals surface area contributed by atoms with Crippen LogP contribution in [0, 0.1) is 0 Å². The van der Waals surface area contributed by atoms with Gasteiger partial charge in [0.1, 0.15) is 6.10 Å². The Morgan fingerprint density at radius 2 is 2.05 bits per heavy atom. The number of ether oxygens (including phenoxy) is 1. The first-order chi connectivity index (χ1) is 9.96. The molecule has 2 rings (SSSR count). The van der Waals surface area contributed by atoms with Crippen LogP contribution in [0.15, 0.2) is 30.3 Å². The van der Waals surface area contributed by atoms with Crippen molar-refractivity contribution in [2.24, 2.45) is 0 Å². The van der Waals surface area contributed by atoms with E-state index in [2.05, 4.69) is 4.72 Å². The molecule has 1 aliphatic heterocycles. The van der Waals surface area contributed by atoms with Gasteiger partial charge in [-0.2, -0.15) is 0 Å². The molecule has 1 amide bonds. The molecule has 1 fully saturated rings. The highest BCUT2D eigenvalue weighted by molar-refractivity contribution is 7.89. The molecular formula is C14H20N2O4S. The van der Waals surface area contributed by atoms with E-state index in [4.69, 9.17) is 4.74 Å². The number of aryl methyl sites for hydroxylation is 1. The van der Waals surface area contributed by atoms with Crippen LogP contribution in [-0.2, 0) is 21.2 Å². The quantitative estimate of drug-likeness (QED) is 0.814. The number of likely N-dealkylation sites (N-methyl/N-ethyl adjacent to an activating group) is 1.